The molecule has 2 nitrogen and oxygen atoms in total. The lowest BCUT2D eigenvalue weighted by Crippen LogP contribution is -1.76. The molecule has 1 aromatic carbocycles. The molecule has 0 aliphatic rings. The van der Waals surface area contributed by atoms with Crippen LogP contribution >= 0.6 is 17.0 Å². The number of hydrogen-bond acceptors (Lipinski definition) is 1. The van der Waals surface area contributed by atoms with E-state index in [4.69, 9.17) is 9.90 Å². The second-order valence-corrected chi connectivity index (χ2v) is 2.16. The summed E-state index contributed by atoms with van der Waals surface area (Å²) in [6.45, 7) is -0.250. The van der Waals surface area contributed by atoms with Gasteiger partial charge in [0.15, 0.2) is 0 Å². The molecule has 0 aliphatic carbocycles. The van der Waals surface area contributed by atoms with Crippen LogP contribution in [0.5, 0.6) is 0 Å². The van der Waals surface area contributed by atoms with Crippen molar-refractivity contribution in [3.05, 3.63) is 48.3 Å². The molecule has 0 unspecified atom stereocenters. The van der Waals surface area contributed by atoms with E-state index in [1.165, 1.54) is 6.08 Å². The molecular formula is C10H12BrFO2. The van der Waals surface area contributed by atoms with Gasteiger partial charge in [0.2, 0.25) is 0 Å². The summed E-state index contributed by atoms with van der Waals surface area (Å²) in [4.78, 5) is 8.36. The van der Waals surface area contributed by atoms with Gasteiger partial charge in [0, 0.05) is 0 Å². The van der Waals surface area contributed by atoms with Gasteiger partial charge in [-0.2, -0.15) is 0 Å². The standard InChI is InChI=1S/C9H9F.CH2O2.BrH/c10-8-4-7-9-5-2-1-3-6-9;2-1-3;/h1-6,8H,7H2;1H,(H,2,3);1H. The monoisotopic (exact) mass is 262 g/mol. The quantitative estimate of drug-likeness (QED) is 0.833. The largest absolute Gasteiger partial charge is 0.483 e. The van der Waals surface area contributed by atoms with Gasteiger partial charge < -0.3 is 5.11 Å². The number of hydrogen-bond donors (Lipinski definition) is 1. The Morgan fingerprint density at radius 3 is 2.21 bits per heavy atom. The van der Waals surface area contributed by atoms with E-state index in [1.807, 2.05) is 30.3 Å². The lowest BCUT2D eigenvalue weighted by Gasteiger charge is -1.91. The van der Waals surface area contributed by atoms with Crippen LogP contribution in [0.25, 0.3) is 0 Å². The highest BCUT2D eigenvalue weighted by Crippen LogP contribution is 1.99. The SMILES string of the molecule is Br.FC=CCc1ccccc1.O=CO. The van der Waals surface area contributed by atoms with Gasteiger partial charge in [-0.3, -0.25) is 4.79 Å². The molecule has 78 valence electrons. The van der Waals surface area contributed by atoms with Crippen molar-refractivity contribution in [2.45, 2.75) is 6.42 Å². The van der Waals surface area contributed by atoms with Crippen LogP contribution in [0, 0.1) is 0 Å². The minimum atomic E-state index is -0.250. The van der Waals surface area contributed by atoms with Crippen LogP contribution in [0.15, 0.2) is 42.7 Å². The van der Waals surface area contributed by atoms with E-state index in [0.717, 1.165) is 5.56 Å². The van der Waals surface area contributed by atoms with E-state index in [2.05, 4.69) is 0 Å². The second-order valence-electron chi connectivity index (χ2n) is 2.16. The van der Waals surface area contributed by atoms with Gasteiger partial charge in [0.25, 0.3) is 6.47 Å². The second kappa shape index (κ2) is 11.8. The Bertz CT molecular complexity index is 250. The van der Waals surface area contributed by atoms with Crippen LogP contribution in [0.1, 0.15) is 5.56 Å². The van der Waals surface area contributed by atoms with Gasteiger partial charge in [-0.25, -0.2) is 4.39 Å². The first-order valence-corrected chi connectivity index (χ1v) is 3.72. The first kappa shape index (κ1) is 15.3. The van der Waals surface area contributed by atoms with Gasteiger partial charge in [0.1, 0.15) is 0 Å². The predicted octanol–water partition coefficient (Wildman–Crippen LogP) is 2.99. The maximum atomic E-state index is 11.5. The smallest absolute Gasteiger partial charge is 0.290 e. The number of carboxylic acid groups (broad SMARTS) is 1. The highest BCUT2D eigenvalue weighted by atomic mass is 79.9. The van der Waals surface area contributed by atoms with Crippen LogP contribution in [0.2, 0.25) is 0 Å². The van der Waals surface area contributed by atoms with Gasteiger partial charge in [-0.05, 0) is 12.0 Å². The van der Waals surface area contributed by atoms with Gasteiger partial charge in [-0.15, -0.1) is 17.0 Å². The zero-order valence-electron chi connectivity index (χ0n) is 7.47. The van der Waals surface area contributed by atoms with E-state index in [1.54, 1.807) is 0 Å². The first-order chi connectivity index (χ1) is 6.35. The van der Waals surface area contributed by atoms with E-state index in [0.29, 0.717) is 12.8 Å². The summed E-state index contributed by atoms with van der Waals surface area (Å²) in [6.07, 6.45) is 2.75. The van der Waals surface area contributed by atoms with Crippen LogP contribution < -0.4 is 0 Å². The Morgan fingerprint density at radius 2 is 1.79 bits per heavy atom. The summed E-state index contributed by atoms with van der Waals surface area (Å²) in [7, 11) is 0. The Kier molecular flexibility index (Phi) is 13.0. The van der Waals surface area contributed by atoms with Crippen molar-refractivity contribution in [3.8, 4) is 0 Å². The van der Waals surface area contributed by atoms with Crippen molar-refractivity contribution in [1.29, 1.82) is 0 Å². The van der Waals surface area contributed by atoms with Gasteiger partial charge >= 0.3 is 0 Å². The lowest BCUT2D eigenvalue weighted by molar-refractivity contribution is -0.122. The van der Waals surface area contributed by atoms with Gasteiger partial charge in [-0.1, -0.05) is 36.4 Å². The van der Waals surface area contributed by atoms with Crippen LogP contribution in [-0.2, 0) is 11.2 Å². The Balaban J connectivity index is 0. The Labute approximate surface area is 92.8 Å². The van der Waals surface area contributed by atoms with E-state index in [9.17, 15) is 4.39 Å². The van der Waals surface area contributed by atoms with Crippen molar-refractivity contribution in [2.24, 2.45) is 0 Å². The van der Waals surface area contributed by atoms with Crippen molar-refractivity contribution in [2.75, 3.05) is 0 Å². The average molecular weight is 263 g/mol. The zero-order valence-corrected chi connectivity index (χ0v) is 9.18. The molecule has 4 heteroatoms. The molecule has 1 aromatic rings. The minimum Gasteiger partial charge on any atom is -0.483 e. The number of allylic oxidation sites excluding steroid dienone is 1. The third kappa shape index (κ3) is 8.93. The maximum absolute atomic E-state index is 11.5. The van der Waals surface area contributed by atoms with Gasteiger partial charge in [0.05, 0.1) is 6.33 Å². The minimum absolute atomic E-state index is 0. The number of rotatable bonds is 2. The molecule has 0 atom stereocenters. The molecule has 0 saturated carbocycles. The first-order valence-electron chi connectivity index (χ1n) is 3.72. The summed E-state index contributed by atoms with van der Waals surface area (Å²) in [5, 5.41) is 6.89. The highest BCUT2D eigenvalue weighted by molar-refractivity contribution is 8.93. The number of halogens is 2. The molecule has 0 spiro atoms. The summed E-state index contributed by atoms with van der Waals surface area (Å²) < 4.78 is 11.5. The summed E-state index contributed by atoms with van der Waals surface area (Å²) in [5.74, 6) is 0. The molecule has 1 N–H and O–H groups in total. The molecule has 0 aromatic heterocycles. The average Bonchev–Trinajstić information content (AvgIpc) is 2.18. The molecule has 0 radical (unpaired) electrons. The van der Waals surface area contributed by atoms with Crippen molar-refractivity contribution in [3.63, 3.8) is 0 Å². The summed E-state index contributed by atoms with van der Waals surface area (Å²) >= 11 is 0. The third-order valence-corrected chi connectivity index (χ3v) is 1.29. The summed E-state index contributed by atoms with van der Waals surface area (Å²) in [5.41, 5.74) is 1.14. The number of carbonyl (C=O) groups is 1. The molecule has 0 bridgehead atoms. The zero-order chi connectivity index (χ0) is 9.94. The maximum Gasteiger partial charge on any atom is 0.290 e. The van der Waals surface area contributed by atoms with Crippen LogP contribution in [0.4, 0.5) is 4.39 Å². The van der Waals surface area contributed by atoms with Crippen molar-refractivity contribution >= 4 is 23.5 Å². The van der Waals surface area contributed by atoms with Crippen molar-refractivity contribution < 1.29 is 14.3 Å². The molecule has 0 heterocycles. The van der Waals surface area contributed by atoms with Crippen LogP contribution in [-0.4, -0.2) is 11.6 Å². The fraction of sp³-hybridized carbons (Fsp3) is 0.100. The topological polar surface area (TPSA) is 37.3 Å². The Hall–Kier alpha value is -1.16. The van der Waals surface area contributed by atoms with E-state index < -0.39 is 0 Å². The molecule has 14 heavy (non-hydrogen) atoms. The van der Waals surface area contributed by atoms with Crippen LogP contribution in [0.3, 0.4) is 0 Å². The predicted molar refractivity (Wildman–Crippen MR) is 59.4 cm³/mol. The number of benzene rings is 1. The van der Waals surface area contributed by atoms with Crippen molar-refractivity contribution in [1.82, 2.24) is 0 Å². The molecule has 0 amide bonds. The van der Waals surface area contributed by atoms with E-state index >= 15 is 0 Å². The normalized spacial score (nSPS) is 8.36. The molecule has 0 fully saturated rings. The lowest BCUT2D eigenvalue weighted by atomic mass is 10.2. The van der Waals surface area contributed by atoms with E-state index in [-0.39, 0.29) is 23.5 Å². The summed E-state index contributed by atoms with van der Waals surface area (Å²) in [6, 6.07) is 9.78. The Morgan fingerprint density at radius 1 is 1.29 bits per heavy atom. The molecule has 0 saturated heterocycles. The fourth-order valence-corrected chi connectivity index (χ4v) is 0.795. The molecule has 0 aliphatic heterocycles. The fourth-order valence-electron chi connectivity index (χ4n) is 0.795. The third-order valence-electron chi connectivity index (χ3n) is 1.29. The highest BCUT2D eigenvalue weighted by Gasteiger charge is 1.83. The molecule has 1 rings (SSSR count). The molecular weight excluding hydrogens is 251 g/mol.